The monoisotopic (exact) mass is 273 g/mol. The molecule has 2 saturated heterocycles. The SMILES string of the molecule is CN1CCN(Cc2[c]ccnc2N2CCCCC2)CC1. The fourth-order valence-electron chi connectivity index (χ4n) is 3.11. The van der Waals surface area contributed by atoms with Crippen molar-refractivity contribution in [3.8, 4) is 0 Å². The molecule has 0 atom stereocenters. The van der Waals surface area contributed by atoms with Crippen LogP contribution in [0.15, 0.2) is 12.3 Å². The standard InChI is InChI=1S/C16H25N4/c1-18-10-12-19(13-11-18)14-15-6-5-7-17-16(15)20-8-3-2-4-9-20/h5,7H,2-4,8-14H2,1H3. The molecule has 0 saturated carbocycles. The van der Waals surface area contributed by atoms with E-state index in [0.29, 0.717) is 0 Å². The van der Waals surface area contributed by atoms with Crippen molar-refractivity contribution in [2.75, 3.05) is 51.2 Å². The Labute approximate surface area is 122 Å². The molecule has 20 heavy (non-hydrogen) atoms. The molecule has 109 valence electrons. The number of piperidine rings is 1. The van der Waals surface area contributed by atoms with Crippen LogP contribution in [0.5, 0.6) is 0 Å². The van der Waals surface area contributed by atoms with E-state index in [0.717, 1.165) is 32.7 Å². The Morgan fingerprint density at radius 3 is 2.55 bits per heavy atom. The molecule has 1 aromatic rings. The van der Waals surface area contributed by atoms with Crippen molar-refractivity contribution in [2.45, 2.75) is 25.8 Å². The molecule has 0 unspecified atom stereocenters. The number of aromatic nitrogens is 1. The highest BCUT2D eigenvalue weighted by Gasteiger charge is 2.19. The van der Waals surface area contributed by atoms with Gasteiger partial charge in [0.05, 0.1) is 0 Å². The summed E-state index contributed by atoms with van der Waals surface area (Å²) in [6.07, 6.45) is 5.84. The Morgan fingerprint density at radius 1 is 1.05 bits per heavy atom. The van der Waals surface area contributed by atoms with Crippen LogP contribution in [0.4, 0.5) is 5.82 Å². The van der Waals surface area contributed by atoms with Crippen molar-refractivity contribution < 1.29 is 0 Å². The zero-order valence-electron chi connectivity index (χ0n) is 12.5. The van der Waals surface area contributed by atoms with E-state index in [1.807, 2.05) is 12.3 Å². The number of piperazine rings is 1. The van der Waals surface area contributed by atoms with E-state index in [-0.39, 0.29) is 0 Å². The van der Waals surface area contributed by atoms with Gasteiger partial charge < -0.3 is 9.80 Å². The maximum atomic E-state index is 4.64. The summed E-state index contributed by atoms with van der Waals surface area (Å²) < 4.78 is 0. The highest BCUT2D eigenvalue weighted by Crippen LogP contribution is 2.22. The lowest BCUT2D eigenvalue weighted by Gasteiger charge is -2.34. The highest BCUT2D eigenvalue weighted by molar-refractivity contribution is 5.46. The second kappa shape index (κ2) is 6.55. The van der Waals surface area contributed by atoms with Crippen molar-refractivity contribution in [1.82, 2.24) is 14.8 Å². The van der Waals surface area contributed by atoms with Crippen molar-refractivity contribution in [1.29, 1.82) is 0 Å². The molecule has 3 rings (SSSR count). The Bertz CT molecular complexity index is 420. The third-order valence-electron chi connectivity index (χ3n) is 4.43. The van der Waals surface area contributed by atoms with E-state index in [1.54, 1.807) is 0 Å². The zero-order valence-corrected chi connectivity index (χ0v) is 12.5. The molecule has 2 aliphatic heterocycles. The van der Waals surface area contributed by atoms with Gasteiger partial charge in [-0.2, -0.15) is 0 Å². The second-order valence-electron chi connectivity index (χ2n) is 6.02. The number of anilines is 1. The summed E-state index contributed by atoms with van der Waals surface area (Å²) in [6.45, 7) is 7.94. The summed E-state index contributed by atoms with van der Waals surface area (Å²) in [6, 6.07) is 5.39. The number of likely N-dealkylation sites (N-methyl/N-ethyl adjacent to an activating group) is 1. The maximum Gasteiger partial charge on any atom is 0.133 e. The Balaban J connectivity index is 1.69. The fraction of sp³-hybridized carbons (Fsp3) is 0.688. The van der Waals surface area contributed by atoms with E-state index >= 15 is 0 Å². The zero-order chi connectivity index (χ0) is 13.8. The Kier molecular flexibility index (Phi) is 4.53. The first kappa shape index (κ1) is 13.8. The highest BCUT2D eigenvalue weighted by atomic mass is 15.3. The molecule has 0 aliphatic carbocycles. The van der Waals surface area contributed by atoms with E-state index in [4.69, 9.17) is 0 Å². The third-order valence-corrected chi connectivity index (χ3v) is 4.43. The maximum absolute atomic E-state index is 4.64. The van der Waals surface area contributed by atoms with Crippen LogP contribution >= 0.6 is 0 Å². The van der Waals surface area contributed by atoms with Crippen molar-refractivity contribution >= 4 is 5.82 Å². The van der Waals surface area contributed by atoms with Crippen molar-refractivity contribution in [3.63, 3.8) is 0 Å². The molecule has 0 N–H and O–H groups in total. The van der Waals surface area contributed by atoms with Gasteiger partial charge in [-0.1, -0.05) is 0 Å². The lowest BCUT2D eigenvalue weighted by Crippen LogP contribution is -2.44. The van der Waals surface area contributed by atoms with E-state index < -0.39 is 0 Å². The molecule has 3 heterocycles. The first-order valence-electron chi connectivity index (χ1n) is 7.84. The second-order valence-corrected chi connectivity index (χ2v) is 6.02. The van der Waals surface area contributed by atoms with Crippen LogP contribution in [0.2, 0.25) is 0 Å². The predicted molar refractivity (Wildman–Crippen MR) is 81.9 cm³/mol. The minimum absolute atomic E-state index is 0.994. The minimum Gasteiger partial charge on any atom is -0.356 e. The summed E-state index contributed by atoms with van der Waals surface area (Å²) in [5, 5.41) is 0. The molecule has 0 amide bonds. The topological polar surface area (TPSA) is 22.6 Å². The van der Waals surface area contributed by atoms with E-state index in [2.05, 4.69) is 32.8 Å². The average molecular weight is 273 g/mol. The number of pyridine rings is 1. The van der Waals surface area contributed by atoms with Gasteiger partial charge in [0.25, 0.3) is 0 Å². The summed E-state index contributed by atoms with van der Waals surface area (Å²) >= 11 is 0. The fourth-order valence-corrected chi connectivity index (χ4v) is 3.11. The van der Waals surface area contributed by atoms with Crippen LogP contribution in [-0.2, 0) is 6.54 Å². The van der Waals surface area contributed by atoms with Gasteiger partial charge in [-0.3, -0.25) is 4.90 Å². The van der Waals surface area contributed by atoms with Gasteiger partial charge in [0.2, 0.25) is 0 Å². The van der Waals surface area contributed by atoms with Crippen molar-refractivity contribution in [3.05, 3.63) is 23.9 Å². The van der Waals surface area contributed by atoms with Crippen LogP contribution in [0.25, 0.3) is 0 Å². The number of hydrogen-bond acceptors (Lipinski definition) is 4. The van der Waals surface area contributed by atoms with E-state index in [1.165, 1.54) is 43.7 Å². The van der Waals surface area contributed by atoms with Crippen LogP contribution in [0.3, 0.4) is 0 Å². The molecule has 0 spiro atoms. The van der Waals surface area contributed by atoms with Gasteiger partial charge in [0.1, 0.15) is 5.82 Å². The molecular formula is C16H25N4. The van der Waals surface area contributed by atoms with E-state index in [9.17, 15) is 0 Å². The molecular weight excluding hydrogens is 248 g/mol. The number of rotatable bonds is 3. The normalized spacial score (nSPS) is 22.1. The van der Waals surface area contributed by atoms with Crippen LogP contribution in [0, 0.1) is 6.07 Å². The lowest BCUT2D eigenvalue weighted by molar-refractivity contribution is 0.148. The minimum atomic E-state index is 0.994. The van der Waals surface area contributed by atoms with Gasteiger partial charge in [0.15, 0.2) is 0 Å². The van der Waals surface area contributed by atoms with Gasteiger partial charge >= 0.3 is 0 Å². The molecule has 0 bridgehead atoms. The third kappa shape index (κ3) is 3.30. The summed E-state index contributed by atoms with van der Waals surface area (Å²) in [5.41, 5.74) is 1.28. The number of hydrogen-bond donors (Lipinski definition) is 0. The number of nitrogens with zero attached hydrogens (tertiary/aromatic N) is 4. The first-order valence-corrected chi connectivity index (χ1v) is 7.84. The molecule has 4 nitrogen and oxygen atoms in total. The van der Waals surface area contributed by atoms with Gasteiger partial charge in [-0.15, -0.1) is 0 Å². The van der Waals surface area contributed by atoms with Crippen LogP contribution in [-0.4, -0.2) is 61.1 Å². The smallest absolute Gasteiger partial charge is 0.133 e. The molecule has 2 aliphatic rings. The summed E-state index contributed by atoms with van der Waals surface area (Å²) in [7, 11) is 2.20. The summed E-state index contributed by atoms with van der Waals surface area (Å²) in [5.74, 6) is 1.17. The average Bonchev–Trinajstić information content (AvgIpc) is 2.51. The molecule has 4 heteroatoms. The predicted octanol–water partition coefficient (Wildman–Crippen LogP) is 1.62. The largest absolute Gasteiger partial charge is 0.356 e. The quantitative estimate of drug-likeness (QED) is 0.834. The van der Waals surface area contributed by atoms with Gasteiger partial charge in [-0.25, -0.2) is 4.98 Å². The van der Waals surface area contributed by atoms with Gasteiger partial charge in [0, 0.05) is 57.6 Å². The summed E-state index contributed by atoms with van der Waals surface area (Å²) in [4.78, 5) is 12.0. The van der Waals surface area contributed by atoms with Crippen LogP contribution in [0.1, 0.15) is 24.8 Å². The lowest BCUT2D eigenvalue weighted by atomic mass is 10.1. The first-order chi connectivity index (χ1) is 9.83. The molecule has 0 aromatic carbocycles. The molecule has 1 aromatic heterocycles. The Morgan fingerprint density at radius 2 is 1.80 bits per heavy atom. The molecule has 1 radical (unpaired) electrons. The molecule has 2 fully saturated rings. The van der Waals surface area contributed by atoms with Crippen LogP contribution < -0.4 is 4.90 Å². The van der Waals surface area contributed by atoms with Crippen molar-refractivity contribution in [2.24, 2.45) is 0 Å². The Hall–Kier alpha value is -1.13. The van der Waals surface area contributed by atoms with Gasteiger partial charge in [-0.05, 0) is 38.4 Å².